The molecule has 16 heavy (non-hydrogen) atoms. The topological polar surface area (TPSA) is 77.3 Å². The Kier molecular flexibility index (Phi) is 3.35. The lowest BCUT2D eigenvalue weighted by molar-refractivity contribution is -0.384. The monoisotopic (exact) mass is 287 g/mol. The Morgan fingerprint density at radius 2 is 2.44 bits per heavy atom. The van der Waals surface area contributed by atoms with E-state index in [2.05, 4.69) is 26.2 Å². The molecule has 0 bridgehead atoms. The van der Waals surface area contributed by atoms with Gasteiger partial charge in [-0.25, -0.2) is 4.98 Å². The van der Waals surface area contributed by atoms with Crippen LogP contribution in [0.15, 0.2) is 16.7 Å². The Balaban J connectivity index is 2.09. The van der Waals surface area contributed by atoms with Crippen molar-refractivity contribution >= 4 is 27.4 Å². The third-order valence-corrected chi connectivity index (χ3v) is 2.77. The normalized spacial score (nSPS) is 18.9. The van der Waals surface area contributed by atoms with Gasteiger partial charge in [0.15, 0.2) is 0 Å². The minimum Gasteiger partial charge on any atom is -0.376 e. The smallest absolute Gasteiger partial charge is 0.311 e. The molecule has 0 unspecified atom stereocenters. The standard InChI is InChI=1S/C9H10BrN3O3/c10-8-2-1-7(13(14)15)9(12-8)11-5-6-3-4-16-6/h1-2,6H,3-5H2,(H,11,12)/t6-/m0/s1. The molecule has 1 aromatic heterocycles. The summed E-state index contributed by atoms with van der Waals surface area (Å²) in [6.45, 7) is 1.31. The molecule has 1 atom stereocenters. The zero-order chi connectivity index (χ0) is 11.5. The van der Waals surface area contributed by atoms with Gasteiger partial charge in [-0.3, -0.25) is 10.1 Å². The number of nitro groups is 1. The van der Waals surface area contributed by atoms with Crippen molar-refractivity contribution < 1.29 is 9.66 Å². The first-order valence-electron chi connectivity index (χ1n) is 4.83. The second-order valence-corrected chi connectivity index (χ2v) is 4.23. The first-order valence-corrected chi connectivity index (χ1v) is 5.62. The summed E-state index contributed by atoms with van der Waals surface area (Å²) in [5.41, 5.74) is -0.0254. The molecule has 0 amide bonds. The number of hydrogen-bond donors (Lipinski definition) is 1. The van der Waals surface area contributed by atoms with Crippen LogP contribution in [0.4, 0.5) is 11.5 Å². The van der Waals surface area contributed by atoms with Gasteiger partial charge in [0.1, 0.15) is 4.60 Å². The highest BCUT2D eigenvalue weighted by molar-refractivity contribution is 9.10. The molecule has 1 aromatic rings. The van der Waals surface area contributed by atoms with Gasteiger partial charge >= 0.3 is 5.69 Å². The van der Waals surface area contributed by atoms with Crippen molar-refractivity contribution in [3.05, 3.63) is 26.9 Å². The van der Waals surface area contributed by atoms with E-state index in [1.165, 1.54) is 6.07 Å². The molecule has 0 saturated carbocycles. The summed E-state index contributed by atoms with van der Waals surface area (Å²) < 4.78 is 5.78. The average molecular weight is 288 g/mol. The molecule has 0 radical (unpaired) electrons. The first kappa shape index (κ1) is 11.3. The molecule has 1 saturated heterocycles. The molecule has 0 spiro atoms. The van der Waals surface area contributed by atoms with Crippen LogP contribution in [0.2, 0.25) is 0 Å². The van der Waals surface area contributed by atoms with Gasteiger partial charge in [0.2, 0.25) is 5.82 Å². The van der Waals surface area contributed by atoms with E-state index < -0.39 is 4.92 Å². The fourth-order valence-electron chi connectivity index (χ4n) is 1.36. The van der Waals surface area contributed by atoms with Gasteiger partial charge in [-0.15, -0.1) is 0 Å². The quantitative estimate of drug-likeness (QED) is 0.520. The van der Waals surface area contributed by atoms with Crippen LogP contribution in [-0.4, -0.2) is 29.2 Å². The third kappa shape index (κ3) is 2.48. The van der Waals surface area contributed by atoms with E-state index in [0.29, 0.717) is 11.1 Å². The Labute approximate surface area is 100 Å². The summed E-state index contributed by atoms with van der Waals surface area (Å²) in [7, 11) is 0. The van der Waals surface area contributed by atoms with Crippen LogP contribution < -0.4 is 5.32 Å². The molecule has 1 fully saturated rings. The fourth-order valence-corrected chi connectivity index (χ4v) is 1.67. The zero-order valence-electron chi connectivity index (χ0n) is 8.35. The number of halogens is 1. The largest absolute Gasteiger partial charge is 0.376 e. The summed E-state index contributed by atoms with van der Waals surface area (Å²) in [6, 6.07) is 2.96. The number of nitrogens with one attached hydrogen (secondary N) is 1. The fraction of sp³-hybridized carbons (Fsp3) is 0.444. The molecule has 1 aliphatic heterocycles. The van der Waals surface area contributed by atoms with Crippen molar-refractivity contribution in [3.8, 4) is 0 Å². The first-order chi connectivity index (χ1) is 7.66. The van der Waals surface area contributed by atoms with Crippen LogP contribution in [0.5, 0.6) is 0 Å². The number of nitrogens with zero attached hydrogens (tertiary/aromatic N) is 2. The Bertz CT molecular complexity index is 409. The number of ether oxygens (including phenoxy) is 1. The van der Waals surface area contributed by atoms with Gasteiger partial charge < -0.3 is 10.1 Å². The van der Waals surface area contributed by atoms with Crippen LogP contribution in [0, 0.1) is 10.1 Å². The predicted molar refractivity (Wildman–Crippen MR) is 61.4 cm³/mol. The predicted octanol–water partition coefficient (Wildman–Crippen LogP) is 1.95. The second kappa shape index (κ2) is 4.75. The SMILES string of the molecule is O=[N+]([O-])c1ccc(Br)nc1NC[C@@H]1CCO1. The number of aromatic nitrogens is 1. The van der Waals surface area contributed by atoms with Crippen LogP contribution >= 0.6 is 15.9 Å². The Morgan fingerprint density at radius 1 is 1.69 bits per heavy atom. The van der Waals surface area contributed by atoms with E-state index in [9.17, 15) is 10.1 Å². The summed E-state index contributed by atoms with van der Waals surface area (Å²) in [5.74, 6) is 0.273. The second-order valence-electron chi connectivity index (χ2n) is 3.42. The molecule has 7 heteroatoms. The average Bonchev–Trinajstić information content (AvgIpc) is 2.14. The highest BCUT2D eigenvalue weighted by atomic mass is 79.9. The van der Waals surface area contributed by atoms with Gasteiger partial charge in [-0.2, -0.15) is 0 Å². The van der Waals surface area contributed by atoms with E-state index in [-0.39, 0.29) is 17.6 Å². The maximum Gasteiger partial charge on any atom is 0.311 e. The van der Waals surface area contributed by atoms with E-state index in [0.717, 1.165) is 13.0 Å². The maximum absolute atomic E-state index is 10.7. The van der Waals surface area contributed by atoms with Gasteiger partial charge in [0, 0.05) is 19.2 Å². The lowest BCUT2D eigenvalue weighted by Gasteiger charge is -2.26. The molecule has 0 aromatic carbocycles. The molecule has 2 rings (SSSR count). The zero-order valence-corrected chi connectivity index (χ0v) is 9.94. The molecule has 1 aliphatic rings. The van der Waals surface area contributed by atoms with Gasteiger partial charge in [-0.1, -0.05) is 0 Å². The lowest BCUT2D eigenvalue weighted by Crippen LogP contribution is -2.33. The van der Waals surface area contributed by atoms with E-state index in [1.54, 1.807) is 6.07 Å². The third-order valence-electron chi connectivity index (χ3n) is 2.33. The van der Waals surface area contributed by atoms with Crippen molar-refractivity contribution in [1.82, 2.24) is 4.98 Å². The summed E-state index contributed by atoms with van der Waals surface area (Å²) in [6.07, 6.45) is 1.12. The number of anilines is 1. The lowest BCUT2D eigenvalue weighted by atomic mass is 10.2. The highest BCUT2D eigenvalue weighted by Crippen LogP contribution is 2.24. The molecule has 6 nitrogen and oxygen atoms in total. The van der Waals surface area contributed by atoms with Crippen LogP contribution in [0.1, 0.15) is 6.42 Å². The van der Waals surface area contributed by atoms with E-state index in [4.69, 9.17) is 4.74 Å². The van der Waals surface area contributed by atoms with Gasteiger partial charge in [0.05, 0.1) is 11.0 Å². The van der Waals surface area contributed by atoms with E-state index >= 15 is 0 Å². The summed E-state index contributed by atoms with van der Waals surface area (Å²) in [4.78, 5) is 14.3. The minimum absolute atomic E-state index is 0.0254. The summed E-state index contributed by atoms with van der Waals surface area (Å²) >= 11 is 3.18. The number of hydrogen-bond acceptors (Lipinski definition) is 5. The molecular weight excluding hydrogens is 278 g/mol. The van der Waals surface area contributed by atoms with E-state index in [1.807, 2.05) is 0 Å². The van der Waals surface area contributed by atoms with Crippen molar-refractivity contribution in [3.63, 3.8) is 0 Å². The van der Waals surface area contributed by atoms with Crippen LogP contribution in [0.3, 0.4) is 0 Å². The van der Waals surface area contributed by atoms with Crippen molar-refractivity contribution in [2.45, 2.75) is 12.5 Å². The van der Waals surface area contributed by atoms with Crippen LogP contribution in [-0.2, 0) is 4.74 Å². The molecule has 1 N–H and O–H groups in total. The van der Waals surface area contributed by atoms with Crippen LogP contribution in [0.25, 0.3) is 0 Å². The molecule has 2 heterocycles. The van der Waals surface area contributed by atoms with Gasteiger partial charge in [0.25, 0.3) is 0 Å². The van der Waals surface area contributed by atoms with Gasteiger partial charge in [-0.05, 0) is 28.4 Å². The molecule has 0 aliphatic carbocycles. The Morgan fingerprint density at radius 3 is 3.00 bits per heavy atom. The number of rotatable bonds is 4. The maximum atomic E-state index is 10.7. The number of pyridine rings is 1. The van der Waals surface area contributed by atoms with Crippen molar-refractivity contribution in [2.24, 2.45) is 0 Å². The molecule has 86 valence electrons. The molecular formula is C9H10BrN3O3. The minimum atomic E-state index is -0.455. The van der Waals surface area contributed by atoms with Crippen molar-refractivity contribution in [2.75, 3.05) is 18.5 Å². The Hall–Kier alpha value is -1.21. The van der Waals surface area contributed by atoms with Crippen molar-refractivity contribution in [1.29, 1.82) is 0 Å². The highest BCUT2D eigenvalue weighted by Gasteiger charge is 2.21. The summed E-state index contributed by atoms with van der Waals surface area (Å²) in [5, 5.41) is 13.7.